The zero-order valence-corrected chi connectivity index (χ0v) is 37.1. The van der Waals surface area contributed by atoms with Crippen LogP contribution in [0.1, 0.15) is 82.6 Å². The van der Waals surface area contributed by atoms with Crippen LogP contribution in [0.5, 0.6) is 0 Å². The van der Waals surface area contributed by atoms with Crippen molar-refractivity contribution in [3.05, 3.63) is 144 Å². The molecule has 0 saturated heterocycles. The van der Waals surface area contributed by atoms with Crippen molar-refractivity contribution in [1.29, 1.82) is 0 Å². The molecule has 0 N–H and O–H groups in total. The van der Waals surface area contributed by atoms with Crippen LogP contribution in [-0.4, -0.2) is 22.6 Å². The molecule has 0 saturated carbocycles. The normalized spacial score (nSPS) is 13.6. The van der Waals surface area contributed by atoms with Gasteiger partial charge in [0.25, 0.3) is 0 Å². The van der Waals surface area contributed by atoms with Crippen LogP contribution in [0.15, 0.2) is 114 Å². The maximum Gasteiger partial charge on any atom is 0.120 e. The summed E-state index contributed by atoms with van der Waals surface area (Å²) in [5.41, 5.74) is 10.0. The van der Waals surface area contributed by atoms with E-state index in [1.54, 1.807) is 18.2 Å². The second-order valence-electron chi connectivity index (χ2n) is 16.2. The average Bonchev–Trinajstić information content (AvgIpc) is 3.78. The molecule has 8 aromatic rings. The Morgan fingerprint density at radius 2 is 1.46 bits per heavy atom. The summed E-state index contributed by atoms with van der Waals surface area (Å²) in [4.78, 5) is 9.68. The third-order valence-corrected chi connectivity index (χ3v) is 11.9. The van der Waals surface area contributed by atoms with E-state index in [1.165, 1.54) is 16.8 Å². The van der Waals surface area contributed by atoms with E-state index in [9.17, 15) is 0 Å². The summed E-state index contributed by atoms with van der Waals surface area (Å²) in [7, 11) is -2.06. The minimum atomic E-state index is -2.35. The van der Waals surface area contributed by atoms with Gasteiger partial charge >= 0.3 is 0 Å². The van der Waals surface area contributed by atoms with Gasteiger partial charge in [0.1, 0.15) is 5.58 Å². The fourth-order valence-corrected chi connectivity index (χ4v) is 8.64. The first-order chi connectivity index (χ1) is 28.3. The number of furan rings is 1. The van der Waals surface area contributed by atoms with Crippen molar-refractivity contribution in [2.45, 2.75) is 86.2 Å². The zero-order valence-electron chi connectivity index (χ0n) is 38.7. The largest absolute Gasteiger partial charge is 0.501 e. The Morgan fingerprint density at radius 1 is 0.768 bits per heavy atom. The summed E-state index contributed by atoms with van der Waals surface area (Å²) in [6.07, 6.45) is -1.63. The molecule has 0 unspecified atom stereocenters. The third kappa shape index (κ3) is 8.11. The number of pyridine rings is 1. The van der Waals surface area contributed by atoms with Crippen molar-refractivity contribution in [1.82, 2.24) is 14.5 Å². The Kier molecular flexibility index (Phi) is 10.4. The second kappa shape index (κ2) is 16.9. The van der Waals surface area contributed by atoms with E-state index in [4.69, 9.17) is 16.3 Å². The smallest absolute Gasteiger partial charge is 0.120 e. The quantitative estimate of drug-likeness (QED) is 0.113. The van der Waals surface area contributed by atoms with Gasteiger partial charge in [-0.1, -0.05) is 132 Å². The minimum Gasteiger partial charge on any atom is -0.501 e. The zero-order chi connectivity index (χ0) is 43.3. The number of rotatable bonds is 8. The number of aryl methyl sites for hydroxylation is 1. The Bertz CT molecular complexity index is 2790. The third-order valence-electron chi connectivity index (χ3n) is 9.93. The Morgan fingerprint density at radius 3 is 2.12 bits per heavy atom. The maximum absolute atomic E-state index is 8.63. The van der Waals surface area contributed by atoms with Crippen molar-refractivity contribution < 1.29 is 31.4 Å². The molecule has 0 spiro atoms. The van der Waals surface area contributed by atoms with Gasteiger partial charge in [-0.2, -0.15) is 0 Å². The molecule has 0 aliphatic heterocycles. The van der Waals surface area contributed by atoms with Gasteiger partial charge in [-0.05, 0) is 71.2 Å². The van der Waals surface area contributed by atoms with Crippen molar-refractivity contribution in [3.8, 4) is 28.3 Å². The molecule has 289 valence electrons. The summed E-state index contributed by atoms with van der Waals surface area (Å²) in [5.74, 6) is 1.32. The molecule has 0 aliphatic carbocycles. The van der Waals surface area contributed by atoms with E-state index in [-0.39, 0.29) is 31.7 Å². The predicted molar refractivity (Wildman–Crippen MR) is 236 cm³/mol. The molecular weight excluding hydrogens is 879 g/mol. The number of para-hydroxylation sites is 4. The molecule has 4 nitrogen and oxygen atoms in total. The van der Waals surface area contributed by atoms with Crippen LogP contribution < -0.4 is 5.19 Å². The molecule has 0 fully saturated rings. The Balaban J connectivity index is 0.000000209. The molecule has 0 bridgehead atoms. The van der Waals surface area contributed by atoms with Gasteiger partial charge in [0, 0.05) is 43.7 Å². The number of nitrogens with zero attached hydrogens (tertiary/aromatic N) is 3. The van der Waals surface area contributed by atoms with E-state index in [0.29, 0.717) is 33.8 Å². The van der Waals surface area contributed by atoms with Crippen LogP contribution in [0.25, 0.3) is 61.3 Å². The number of fused-ring (bicyclic) bond motifs is 4. The maximum atomic E-state index is 8.63. The monoisotopic (exact) mass is 937 g/mol. The molecule has 0 amide bonds. The molecule has 0 atom stereocenters. The van der Waals surface area contributed by atoms with Gasteiger partial charge in [0.2, 0.25) is 0 Å². The van der Waals surface area contributed by atoms with E-state index in [1.807, 2.05) is 50.2 Å². The fourth-order valence-electron chi connectivity index (χ4n) is 7.30. The second-order valence-corrected chi connectivity index (χ2v) is 21.2. The Labute approximate surface area is 354 Å². The first-order valence-corrected chi connectivity index (χ1v) is 22.8. The Hall–Kier alpha value is -4.61. The SMILES string of the molecule is CC(C)c1cccc(C(C)C)c1-n1c(-c2[c-]ccc3c2oc2ccccc23)nc2ccccc21.[2H]C([2H])([2H])c1nc(-c2[c-]cccc2)c(C([2H])([2H])C(C)C)cc1[Si](C)(C)C.[Ir]. The molecule has 5 aromatic carbocycles. The topological polar surface area (TPSA) is 43.9 Å². The number of hydrogen-bond acceptors (Lipinski definition) is 3. The molecule has 56 heavy (non-hydrogen) atoms. The van der Waals surface area contributed by atoms with Gasteiger partial charge in [-0.3, -0.25) is 4.98 Å². The summed E-state index contributed by atoms with van der Waals surface area (Å²) in [6.45, 7) is 16.5. The standard InChI is InChI=1S/C31H27N2O.C19H26NSi.Ir/c1-19(2)21-12-9-13-22(20(3)4)29(21)33-27-17-7-6-16-26(27)32-31(33)25-15-10-14-24-23-11-5-8-18-28(23)34-30(24)25;1-14(2)12-17-13-18(21(4,5)6)15(3)20-19(17)16-10-8-7-9-11-16;/h5-14,16-20H,1-4H3;7-10,13-14H,12H2,1-6H3;/q2*-1;/i;3D3,12D2;. The van der Waals surface area contributed by atoms with Crippen LogP contribution >= 0.6 is 0 Å². The predicted octanol–water partition coefficient (Wildman–Crippen LogP) is 13.2. The van der Waals surface area contributed by atoms with Crippen molar-refractivity contribution >= 4 is 46.2 Å². The van der Waals surface area contributed by atoms with Crippen molar-refractivity contribution in [2.75, 3.05) is 0 Å². The van der Waals surface area contributed by atoms with Crippen LogP contribution in [-0.2, 0) is 26.5 Å². The number of hydrogen-bond donors (Lipinski definition) is 0. The van der Waals surface area contributed by atoms with E-state index in [0.717, 1.165) is 44.4 Å². The molecule has 6 heteroatoms. The van der Waals surface area contributed by atoms with E-state index < -0.39 is 21.3 Å². The van der Waals surface area contributed by atoms with Gasteiger partial charge in [-0.25, -0.2) is 0 Å². The van der Waals surface area contributed by atoms with Gasteiger partial charge < -0.3 is 14.0 Å². The molecule has 8 rings (SSSR count). The molecule has 3 heterocycles. The molecular formula is C50H53IrN3OSi-2. The van der Waals surface area contributed by atoms with Crippen molar-refractivity contribution in [3.63, 3.8) is 0 Å². The summed E-state index contributed by atoms with van der Waals surface area (Å²) in [5, 5.41) is 2.89. The molecule has 3 aromatic heterocycles. The van der Waals surface area contributed by atoms with Crippen LogP contribution in [0, 0.1) is 24.9 Å². The summed E-state index contributed by atoms with van der Waals surface area (Å²) < 4.78 is 49.8. The van der Waals surface area contributed by atoms with Crippen molar-refractivity contribution in [2.24, 2.45) is 5.92 Å². The first-order valence-electron chi connectivity index (χ1n) is 21.8. The van der Waals surface area contributed by atoms with Gasteiger partial charge in [-0.15, -0.1) is 54.1 Å². The van der Waals surface area contributed by atoms with E-state index in [2.05, 4.69) is 124 Å². The van der Waals surface area contributed by atoms with Crippen LogP contribution in [0.3, 0.4) is 0 Å². The van der Waals surface area contributed by atoms with Crippen LogP contribution in [0.4, 0.5) is 0 Å². The summed E-state index contributed by atoms with van der Waals surface area (Å²) in [6, 6.07) is 42.8. The number of benzene rings is 5. The van der Waals surface area contributed by atoms with Crippen LogP contribution in [0.2, 0.25) is 19.6 Å². The number of imidazole rings is 1. The minimum absolute atomic E-state index is 0. The van der Waals surface area contributed by atoms with Gasteiger partial charge in [0.15, 0.2) is 0 Å². The number of aromatic nitrogens is 3. The molecule has 0 aliphatic rings. The average molecular weight is 937 g/mol. The van der Waals surface area contributed by atoms with E-state index >= 15 is 0 Å². The summed E-state index contributed by atoms with van der Waals surface area (Å²) >= 11 is 0. The fraction of sp³-hybridized carbons (Fsp3) is 0.280. The molecule has 1 radical (unpaired) electrons. The van der Waals surface area contributed by atoms with Gasteiger partial charge in [0.05, 0.1) is 30.5 Å². The first kappa shape index (κ1) is 34.6.